The number of hydrogen-bond donors (Lipinski definition) is 2. The molecule has 0 saturated heterocycles. The minimum absolute atomic E-state index is 0.183. The topological polar surface area (TPSA) is 72.2 Å². The van der Waals surface area contributed by atoms with Crippen molar-refractivity contribution in [3.8, 4) is 0 Å². The van der Waals surface area contributed by atoms with Gasteiger partial charge >= 0.3 is 0 Å². The molecule has 1 aliphatic rings. The van der Waals surface area contributed by atoms with Crippen LogP contribution in [0, 0.1) is 0 Å². The summed E-state index contributed by atoms with van der Waals surface area (Å²) in [5.41, 5.74) is 1.02. The van der Waals surface area contributed by atoms with Gasteiger partial charge in [-0.15, -0.1) is 11.8 Å². The van der Waals surface area contributed by atoms with Gasteiger partial charge in [-0.1, -0.05) is 18.2 Å². The molecule has 1 aromatic rings. The summed E-state index contributed by atoms with van der Waals surface area (Å²) in [4.78, 5) is 1.13. The third kappa shape index (κ3) is 2.72. The SMILES string of the molecule is NS(=O)(=O)NC1CCSc2ccccc21. The molecule has 1 aliphatic heterocycles. The molecule has 0 fully saturated rings. The zero-order valence-electron chi connectivity index (χ0n) is 8.01. The molecule has 15 heavy (non-hydrogen) atoms. The van der Waals surface area contributed by atoms with Crippen LogP contribution in [-0.2, 0) is 10.2 Å². The molecule has 3 N–H and O–H groups in total. The van der Waals surface area contributed by atoms with Gasteiger partial charge in [-0.2, -0.15) is 13.1 Å². The molecule has 6 heteroatoms. The Morgan fingerprint density at radius 2 is 2.13 bits per heavy atom. The van der Waals surface area contributed by atoms with E-state index >= 15 is 0 Å². The van der Waals surface area contributed by atoms with Crippen molar-refractivity contribution in [3.05, 3.63) is 29.8 Å². The molecule has 0 radical (unpaired) electrons. The van der Waals surface area contributed by atoms with Crippen molar-refractivity contribution in [1.82, 2.24) is 4.72 Å². The van der Waals surface area contributed by atoms with E-state index in [1.165, 1.54) is 0 Å². The Morgan fingerprint density at radius 3 is 2.87 bits per heavy atom. The zero-order chi connectivity index (χ0) is 10.9. The van der Waals surface area contributed by atoms with Crippen LogP contribution in [0.1, 0.15) is 18.0 Å². The van der Waals surface area contributed by atoms with Crippen molar-refractivity contribution >= 4 is 22.0 Å². The van der Waals surface area contributed by atoms with Crippen LogP contribution in [0.3, 0.4) is 0 Å². The second-order valence-electron chi connectivity index (χ2n) is 3.39. The van der Waals surface area contributed by atoms with Crippen molar-refractivity contribution in [2.75, 3.05) is 5.75 Å². The highest BCUT2D eigenvalue weighted by atomic mass is 32.2. The zero-order valence-corrected chi connectivity index (χ0v) is 9.64. The molecule has 1 heterocycles. The van der Waals surface area contributed by atoms with E-state index in [0.29, 0.717) is 0 Å². The fourth-order valence-corrected chi connectivity index (χ4v) is 3.43. The van der Waals surface area contributed by atoms with E-state index in [1.807, 2.05) is 24.3 Å². The second-order valence-corrected chi connectivity index (χ2v) is 5.85. The van der Waals surface area contributed by atoms with E-state index in [2.05, 4.69) is 4.72 Å². The van der Waals surface area contributed by atoms with Crippen LogP contribution in [0.15, 0.2) is 29.2 Å². The monoisotopic (exact) mass is 244 g/mol. The van der Waals surface area contributed by atoms with Crippen LogP contribution in [0.5, 0.6) is 0 Å². The molecule has 0 bridgehead atoms. The first-order valence-corrected chi connectivity index (χ1v) is 7.11. The van der Waals surface area contributed by atoms with Gasteiger partial charge in [0.2, 0.25) is 0 Å². The van der Waals surface area contributed by atoms with Crippen molar-refractivity contribution < 1.29 is 8.42 Å². The van der Waals surface area contributed by atoms with Crippen molar-refractivity contribution in [1.29, 1.82) is 0 Å². The molecule has 0 aromatic heterocycles. The molecule has 1 unspecified atom stereocenters. The molecule has 0 aliphatic carbocycles. The molecule has 1 atom stereocenters. The van der Waals surface area contributed by atoms with Crippen LogP contribution in [0.2, 0.25) is 0 Å². The number of benzene rings is 1. The van der Waals surface area contributed by atoms with Gasteiger partial charge in [0.15, 0.2) is 0 Å². The van der Waals surface area contributed by atoms with Crippen molar-refractivity contribution in [2.24, 2.45) is 5.14 Å². The third-order valence-corrected chi connectivity index (χ3v) is 4.00. The number of rotatable bonds is 2. The van der Waals surface area contributed by atoms with Crippen LogP contribution >= 0.6 is 11.8 Å². The van der Waals surface area contributed by atoms with Gasteiger partial charge < -0.3 is 0 Å². The average molecular weight is 244 g/mol. The largest absolute Gasteiger partial charge is 0.274 e. The van der Waals surface area contributed by atoms with Gasteiger partial charge in [-0.05, 0) is 23.8 Å². The first-order valence-electron chi connectivity index (χ1n) is 4.58. The minimum atomic E-state index is -3.63. The average Bonchev–Trinajstić information content (AvgIpc) is 2.16. The lowest BCUT2D eigenvalue weighted by Gasteiger charge is -2.24. The van der Waals surface area contributed by atoms with Gasteiger partial charge in [0, 0.05) is 10.9 Å². The Hall–Kier alpha value is -0.560. The Bertz CT molecular complexity index is 459. The Balaban J connectivity index is 2.30. The summed E-state index contributed by atoms with van der Waals surface area (Å²) < 4.78 is 24.4. The van der Waals surface area contributed by atoms with Gasteiger partial charge in [0.05, 0.1) is 0 Å². The Kier molecular flexibility index (Phi) is 3.01. The van der Waals surface area contributed by atoms with Crippen molar-refractivity contribution in [2.45, 2.75) is 17.4 Å². The van der Waals surface area contributed by atoms with E-state index in [1.54, 1.807) is 11.8 Å². The standard InChI is InChI=1S/C9H12N2O2S2/c10-15(12,13)11-8-5-6-14-9-4-2-1-3-7(8)9/h1-4,8,11H,5-6H2,(H2,10,12,13). The van der Waals surface area contributed by atoms with Gasteiger partial charge in [-0.3, -0.25) is 0 Å². The van der Waals surface area contributed by atoms with Crippen LogP contribution < -0.4 is 9.86 Å². The van der Waals surface area contributed by atoms with Crippen LogP contribution in [0.4, 0.5) is 0 Å². The van der Waals surface area contributed by atoms with E-state index in [-0.39, 0.29) is 6.04 Å². The fraction of sp³-hybridized carbons (Fsp3) is 0.333. The molecule has 82 valence electrons. The summed E-state index contributed by atoms with van der Waals surface area (Å²) in [6, 6.07) is 7.60. The summed E-state index contributed by atoms with van der Waals surface area (Å²) in [6.07, 6.45) is 0.776. The molecule has 1 aromatic carbocycles. The summed E-state index contributed by atoms with van der Waals surface area (Å²) in [6.45, 7) is 0. The highest BCUT2D eigenvalue weighted by Gasteiger charge is 2.22. The lowest BCUT2D eigenvalue weighted by molar-refractivity contribution is 0.547. The highest BCUT2D eigenvalue weighted by Crippen LogP contribution is 2.35. The van der Waals surface area contributed by atoms with Crippen molar-refractivity contribution in [3.63, 3.8) is 0 Å². The van der Waals surface area contributed by atoms with E-state index in [9.17, 15) is 8.42 Å². The highest BCUT2D eigenvalue weighted by molar-refractivity contribution is 7.99. The van der Waals surface area contributed by atoms with E-state index in [0.717, 1.165) is 22.6 Å². The predicted octanol–water partition coefficient (Wildman–Crippen LogP) is 1.02. The number of nitrogens with two attached hydrogens (primary N) is 1. The number of nitrogens with one attached hydrogen (secondary N) is 1. The van der Waals surface area contributed by atoms with Gasteiger partial charge in [0.1, 0.15) is 0 Å². The Morgan fingerprint density at radius 1 is 1.40 bits per heavy atom. The van der Waals surface area contributed by atoms with Gasteiger partial charge in [0.25, 0.3) is 10.2 Å². The summed E-state index contributed by atoms with van der Waals surface area (Å²) in [7, 11) is -3.63. The molecule has 2 rings (SSSR count). The maximum absolute atomic E-state index is 11.0. The third-order valence-electron chi connectivity index (χ3n) is 2.27. The maximum Gasteiger partial charge on any atom is 0.274 e. The Labute approximate surface area is 93.4 Å². The summed E-state index contributed by atoms with van der Waals surface area (Å²) in [5, 5.41) is 4.98. The fourth-order valence-electron chi connectivity index (χ4n) is 1.66. The minimum Gasteiger partial charge on any atom is -0.216 e. The molecular formula is C9H12N2O2S2. The maximum atomic E-state index is 11.0. The first kappa shape index (κ1) is 10.9. The smallest absolute Gasteiger partial charge is 0.216 e. The number of hydrogen-bond acceptors (Lipinski definition) is 3. The normalized spacial score (nSPS) is 21.0. The summed E-state index contributed by atoms with van der Waals surface area (Å²) >= 11 is 1.74. The predicted molar refractivity (Wildman–Crippen MR) is 60.8 cm³/mol. The molecule has 0 spiro atoms. The van der Waals surface area contributed by atoms with E-state index < -0.39 is 10.2 Å². The molecular weight excluding hydrogens is 232 g/mol. The number of thioether (sulfide) groups is 1. The van der Waals surface area contributed by atoms with Crippen LogP contribution in [-0.4, -0.2) is 14.2 Å². The lowest BCUT2D eigenvalue weighted by atomic mass is 10.1. The summed E-state index contributed by atoms with van der Waals surface area (Å²) in [5.74, 6) is 0.907. The van der Waals surface area contributed by atoms with E-state index in [4.69, 9.17) is 5.14 Å². The van der Waals surface area contributed by atoms with Gasteiger partial charge in [-0.25, -0.2) is 5.14 Å². The first-order chi connectivity index (χ1) is 7.06. The quantitative estimate of drug-likeness (QED) is 0.815. The molecule has 0 saturated carbocycles. The number of fused-ring (bicyclic) bond motifs is 1. The lowest BCUT2D eigenvalue weighted by Crippen LogP contribution is -2.35. The molecule has 4 nitrogen and oxygen atoms in total. The molecule has 0 amide bonds. The van der Waals surface area contributed by atoms with Crippen LogP contribution in [0.25, 0.3) is 0 Å². The second kappa shape index (κ2) is 4.13.